The number of nitrogens with zero attached hydrogens (tertiary/aromatic N) is 3. The molecule has 2 aromatic rings. The van der Waals surface area contributed by atoms with Gasteiger partial charge in [-0.3, -0.25) is 4.79 Å². The molecule has 1 saturated heterocycles. The summed E-state index contributed by atoms with van der Waals surface area (Å²) in [5, 5.41) is 4.53. The van der Waals surface area contributed by atoms with Crippen LogP contribution in [0.15, 0.2) is 34.8 Å². The number of carbonyl (C=O) groups excluding carboxylic acids is 1. The van der Waals surface area contributed by atoms with E-state index in [4.69, 9.17) is 5.73 Å². The first-order valence-corrected chi connectivity index (χ1v) is 9.12. The van der Waals surface area contributed by atoms with E-state index in [-0.39, 0.29) is 11.9 Å². The van der Waals surface area contributed by atoms with Crippen molar-refractivity contribution in [2.75, 3.05) is 13.1 Å². The lowest BCUT2D eigenvalue weighted by Crippen LogP contribution is -2.45. The van der Waals surface area contributed by atoms with Crippen LogP contribution in [-0.4, -0.2) is 39.7 Å². The van der Waals surface area contributed by atoms with Crippen molar-refractivity contribution in [2.24, 2.45) is 11.7 Å². The SMILES string of the molecule is Cc1cc(C(=O)N2CCC[C@@H]([C@H](C)N)C2)nn1-c1ccc(Br)cc1. The molecule has 0 radical (unpaired) electrons. The summed E-state index contributed by atoms with van der Waals surface area (Å²) in [6.07, 6.45) is 2.10. The lowest BCUT2D eigenvalue weighted by Gasteiger charge is -2.34. The number of benzene rings is 1. The van der Waals surface area contributed by atoms with Gasteiger partial charge in [0.15, 0.2) is 5.69 Å². The Hall–Kier alpha value is -1.66. The maximum Gasteiger partial charge on any atom is 0.274 e. The molecule has 3 rings (SSSR count). The summed E-state index contributed by atoms with van der Waals surface area (Å²) < 4.78 is 2.83. The number of piperidine rings is 1. The van der Waals surface area contributed by atoms with Gasteiger partial charge in [0, 0.05) is 29.3 Å². The van der Waals surface area contributed by atoms with Crippen molar-refractivity contribution in [3.8, 4) is 5.69 Å². The molecule has 2 N–H and O–H groups in total. The molecule has 1 aliphatic rings. The average Bonchev–Trinajstić information content (AvgIpc) is 2.97. The monoisotopic (exact) mass is 390 g/mol. The van der Waals surface area contributed by atoms with Gasteiger partial charge in [-0.25, -0.2) is 4.68 Å². The molecule has 0 bridgehead atoms. The summed E-state index contributed by atoms with van der Waals surface area (Å²) in [6.45, 7) is 5.49. The lowest BCUT2D eigenvalue weighted by atomic mass is 9.92. The molecular formula is C18H23BrN4O. The molecule has 128 valence electrons. The Kier molecular flexibility index (Phi) is 5.06. The van der Waals surface area contributed by atoms with Crippen LogP contribution in [0, 0.1) is 12.8 Å². The molecule has 0 aliphatic carbocycles. The number of hydrogen-bond donors (Lipinski definition) is 1. The molecule has 0 unspecified atom stereocenters. The smallest absolute Gasteiger partial charge is 0.274 e. The zero-order chi connectivity index (χ0) is 17.3. The quantitative estimate of drug-likeness (QED) is 0.875. The van der Waals surface area contributed by atoms with Crippen LogP contribution in [-0.2, 0) is 0 Å². The molecule has 1 aromatic carbocycles. The van der Waals surface area contributed by atoms with Gasteiger partial charge in [-0.1, -0.05) is 15.9 Å². The van der Waals surface area contributed by atoms with Crippen molar-refractivity contribution < 1.29 is 4.79 Å². The molecule has 6 heteroatoms. The van der Waals surface area contributed by atoms with Crippen molar-refractivity contribution in [1.29, 1.82) is 0 Å². The van der Waals surface area contributed by atoms with Crippen LogP contribution in [0.5, 0.6) is 0 Å². The highest BCUT2D eigenvalue weighted by Gasteiger charge is 2.28. The zero-order valence-electron chi connectivity index (χ0n) is 14.1. The average molecular weight is 391 g/mol. The van der Waals surface area contributed by atoms with E-state index in [1.807, 2.05) is 53.8 Å². The van der Waals surface area contributed by atoms with Crippen molar-refractivity contribution in [1.82, 2.24) is 14.7 Å². The van der Waals surface area contributed by atoms with Gasteiger partial charge in [-0.05, 0) is 62.9 Å². The second-order valence-corrected chi connectivity index (χ2v) is 7.49. The predicted octanol–water partition coefficient (Wildman–Crippen LogP) is 3.14. The fourth-order valence-corrected chi connectivity index (χ4v) is 3.47. The van der Waals surface area contributed by atoms with Gasteiger partial charge >= 0.3 is 0 Å². The molecule has 0 spiro atoms. The third kappa shape index (κ3) is 3.54. The van der Waals surface area contributed by atoms with E-state index in [1.165, 1.54) is 0 Å². The van der Waals surface area contributed by atoms with E-state index < -0.39 is 0 Å². The fourth-order valence-electron chi connectivity index (χ4n) is 3.21. The summed E-state index contributed by atoms with van der Waals surface area (Å²) in [5.41, 5.74) is 8.42. The summed E-state index contributed by atoms with van der Waals surface area (Å²) in [5.74, 6) is 0.372. The van der Waals surface area contributed by atoms with Crippen LogP contribution >= 0.6 is 15.9 Å². The van der Waals surface area contributed by atoms with Gasteiger partial charge in [0.1, 0.15) is 0 Å². The number of nitrogens with two attached hydrogens (primary N) is 1. The van der Waals surface area contributed by atoms with Gasteiger partial charge in [0.25, 0.3) is 5.91 Å². The van der Waals surface area contributed by atoms with Gasteiger partial charge in [-0.2, -0.15) is 5.10 Å². The van der Waals surface area contributed by atoms with Crippen molar-refractivity contribution in [2.45, 2.75) is 32.7 Å². The first kappa shape index (κ1) is 17.2. The summed E-state index contributed by atoms with van der Waals surface area (Å²) in [6, 6.07) is 9.87. The van der Waals surface area contributed by atoms with Crippen molar-refractivity contribution in [3.05, 3.63) is 46.2 Å². The maximum atomic E-state index is 12.8. The van der Waals surface area contributed by atoms with E-state index in [1.54, 1.807) is 0 Å². The number of carbonyl (C=O) groups is 1. The Morgan fingerprint density at radius 1 is 1.38 bits per heavy atom. The largest absolute Gasteiger partial charge is 0.337 e. The summed E-state index contributed by atoms with van der Waals surface area (Å²) >= 11 is 3.43. The molecule has 5 nitrogen and oxygen atoms in total. The van der Waals surface area contributed by atoms with Crippen LogP contribution in [0.4, 0.5) is 0 Å². The number of halogens is 1. The number of likely N-dealkylation sites (tertiary alicyclic amines) is 1. The summed E-state index contributed by atoms with van der Waals surface area (Å²) in [4.78, 5) is 14.7. The maximum absolute atomic E-state index is 12.8. The molecule has 1 aliphatic heterocycles. The third-order valence-electron chi connectivity index (χ3n) is 4.67. The fraction of sp³-hybridized carbons (Fsp3) is 0.444. The topological polar surface area (TPSA) is 64.2 Å². The second-order valence-electron chi connectivity index (χ2n) is 6.57. The standard InChI is InChI=1S/C18H23BrN4O/c1-12-10-17(21-23(12)16-7-5-15(19)6-8-16)18(24)22-9-3-4-14(11-22)13(2)20/h5-8,10,13-14H,3-4,9,11,20H2,1-2H3/t13-,14+/m0/s1. The first-order chi connectivity index (χ1) is 11.5. The Morgan fingerprint density at radius 3 is 2.75 bits per heavy atom. The van der Waals surface area contributed by atoms with Crippen LogP contribution in [0.2, 0.25) is 0 Å². The molecule has 1 fully saturated rings. The minimum absolute atomic E-state index is 0.000637. The van der Waals surface area contributed by atoms with Gasteiger partial charge in [0.05, 0.1) is 5.69 Å². The highest BCUT2D eigenvalue weighted by molar-refractivity contribution is 9.10. The predicted molar refractivity (Wildman–Crippen MR) is 98.3 cm³/mol. The Bertz CT molecular complexity index is 723. The van der Waals surface area contributed by atoms with Gasteiger partial charge in [-0.15, -0.1) is 0 Å². The molecule has 1 amide bonds. The van der Waals surface area contributed by atoms with Crippen LogP contribution in [0.1, 0.15) is 35.9 Å². The van der Waals surface area contributed by atoms with E-state index in [9.17, 15) is 4.79 Å². The van der Waals surface area contributed by atoms with Gasteiger partial charge < -0.3 is 10.6 Å². The Labute approximate surface area is 151 Å². The minimum atomic E-state index is -0.000637. The van der Waals surface area contributed by atoms with Crippen molar-refractivity contribution >= 4 is 21.8 Å². The lowest BCUT2D eigenvalue weighted by molar-refractivity contribution is 0.0654. The Balaban J connectivity index is 1.81. The number of aryl methyl sites for hydroxylation is 1. The van der Waals surface area contributed by atoms with Crippen LogP contribution in [0.25, 0.3) is 5.69 Å². The molecule has 2 heterocycles. The van der Waals surface area contributed by atoms with E-state index >= 15 is 0 Å². The summed E-state index contributed by atoms with van der Waals surface area (Å²) in [7, 11) is 0. The molecular weight excluding hydrogens is 368 g/mol. The minimum Gasteiger partial charge on any atom is -0.337 e. The highest BCUT2D eigenvalue weighted by Crippen LogP contribution is 2.21. The van der Waals surface area contributed by atoms with E-state index in [2.05, 4.69) is 21.0 Å². The second kappa shape index (κ2) is 7.07. The van der Waals surface area contributed by atoms with Crippen molar-refractivity contribution in [3.63, 3.8) is 0 Å². The number of rotatable bonds is 3. The molecule has 2 atom stereocenters. The van der Waals surface area contributed by atoms with Crippen LogP contribution in [0.3, 0.4) is 0 Å². The third-order valence-corrected chi connectivity index (χ3v) is 5.20. The molecule has 1 aromatic heterocycles. The van der Waals surface area contributed by atoms with E-state index in [0.29, 0.717) is 11.6 Å². The molecule has 24 heavy (non-hydrogen) atoms. The first-order valence-electron chi connectivity index (χ1n) is 8.33. The molecule has 0 saturated carbocycles. The number of aromatic nitrogens is 2. The van der Waals surface area contributed by atoms with E-state index in [0.717, 1.165) is 41.8 Å². The Morgan fingerprint density at radius 2 is 2.08 bits per heavy atom. The van der Waals surface area contributed by atoms with Crippen LogP contribution < -0.4 is 5.73 Å². The number of amides is 1. The highest BCUT2D eigenvalue weighted by atomic mass is 79.9. The van der Waals surface area contributed by atoms with Gasteiger partial charge in [0.2, 0.25) is 0 Å². The number of hydrogen-bond acceptors (Lipinski definition) is 3. The zero-order valence-corrected chi connectivity index (χ0v) is 15.7. The normalized spacial score (nSPS) is 19.3.